The van der Waals surface area contributed by atoms with E-state index in [2.05, 4.69) is 22.5 Å². The van der Waals surface area contributed by atoms with E-state index < -0.39 is 0 Å². The van der Waals surface area contributed by atoms with Crippen LogP contribution in [-0.2, 0) is 11.3 Å². The van der Waals surface area contributed by atoms with E-state index in [4.69, 9.17) is 0 Å². The number of amides is 1. The molecule has 0 aliphatic carbocycles. The summed E-state index contributed by atoms with van der Waals surface area (Å²) in [7, 11) is 0. The Hall–Kier alpha value is -1.39. The van der Waals surface area contributed by atoms with Crippen LogP contribution in [0.4, 0.5) is 0 Å². The SMILES string of the molecule is CCCN(CC(=O)NCc1ccccc1)C1CNC1. The van der Waals surface area contributed by atoms with Crippen molar-refractivity contribution in [1.29, 1.82) is 0 Å². The highest BCUT2D eigenvalue weighted by Crippen LogP contribution is 2.05. The second-order valence-electron chi connectivity index (χ2n) is 5.04. The van der Waals surface area contributed by atoms with E-state index in [1.165, 1.54) is 0 Å². The number of nitrogens with one attached hydrogen (secondary N) is 2. The molecule has 1 aromatic rings. The summed E-state index contributed by atoms with van der Waals surface area (Å²) in [5.74, 6) is 0.115. The van der Waals surface area contributed by atoms with Gasteiger partial charge in [-0.05, 0) is 18.5 Å². The highest BCUT2D eigenvalue weighted by atomic mass is 16.2. The van der Waals surface area contributed by atoms with E-state index in [-0.39, 0.29) is 5.91 Å². The van der Waals surface area contributed by atoms with Crippen molar-refractivity contribution in [3.8, 4) is 0 Å². The highest BCUT2D eigenvalue weighted by molar-refractivity contribution is 5.78. The second kappa shape index (κ2) is 7.26. The molecule has 1 amide bonds. The predicted octanol–water partition coefficient (Wildman–Crippen LogP) is 0.987. The first-order valence-electron chi connectivity index (χ1n) is 7.05. The fourth-order valence-electron chi connectivity index (χ4n) is 2.25. The van der Waals surface area contributed by atoms with Crippen LogP contribution in [0.2, 0.25) is 0 Å². The average molecular weight is 261 g/mol. The quantitative estimate of drug-likeness (QED) is 0.769. The Balaban J connectivity index is 1.75. The number of rotatable bonds is 7. The minimum absolute atomic E-state index is 0.115. The molecule has 0 saturated carbocycles. The molecule has 0 bridgehead atoms. The van der Waals surface area contributed by atoms with Crippen molar-refractivity contribution in [2.75, 3.05) is 26.2 Å². The second-order valence-corrected chi connectivity index (χ2v) is 5.04. The van der Waals surface area contributed by atoms with Gasteiger partial charge in [0.25, 0.3) is 0 Å². The van der Waals surface area contributed by atoms with Gasteiger partial charge in [-0.2, -0.15) is 0 Å². The van der Waals surface area contributed by atoms with Gasteiger partial charge in [0, 0.05) is 25.7 Å². The first-order valence-corrected chi connectivity index (χ1v) is 7.05. The van der Waals surface area contributed by atoms with Crippen LogP contribution in [0, 0.1) is 0 Å². The van der Waals surface area contributed by atoms with Crippen molar-refractivity contribution in [3.05, 3.63) is 35.9 Å². The molecule has 0 radical (unpaired) electrons. The van der Waals surface area contributed by atoms with Gasteiger partial charge in [-0.15, -0.1) is 0 Å². The third kappa shape index (κ3) is 4.33. The summed E-state index contributed by atoms with van der Waals surface area (Å²) in [5.41, 5.74) is 1.14. The fraction of sp³-hybridized carbons (Fsp3) is 0.533. The average Bonchev–Trinajstić information content (AvgIpc) is 2.36. The molecule has 4 heteroatoms. The molecule has 19 heavy (non-hydrogen) atoms. The summed E-state index contributed by atoms with van der Waals surface area (Å²) >= 11 is 0. The van der Waals surface area contributed by atoms with Gasteiger partial charge in [0.05, 0.1) is 6.54 Å². The molecule has 1 aliphatic heterocycles. The number of nitrogens with zero attached hydrogens (tertiary/aromatic N) is 1. The Morgan fingerprint density at radius 1 is 1.37 bits per heavy atom. The lowest BCUT2D eigenvalue weighted by molar-refractivity contribution is -0.123. The minimum atomic E-state index is 0.115. The van der Waals surface area contributed by atoms with Gasteiger partial charge in [0.2, 0.25) is 5.91 Å². The van der Waals surface area contributed by atoms with Crippen molar-refractivity contribution < 1.29 is 4.79 Å². The zero-order valence-corrected chi connectivity index (χ0v) is 11.6. The van der Waals surface area contributed by atoms with E-state index >= 15 is 0 Å². The first-order chi connectivity index (χ1) is 9.29. The van der Waals surface area contributed by atoms with Crippen LogP contribution in [-0.4, -0.2) is 43.0 Å². The maximum Gasteiger partial charge on any atom is 0.234 e. The van der Waals surface area contributed by atoms with Crippen LogP contribution in [0.5, 0.6) is 0 Å². The predicted molar refractivity (Wildman–Crippen MR) is 76.8 cm³/mol. The van der Waals surface area contributed by atoms with E-state index in [0.717, 1.165) is 31.6 Å². The molecule has 0 aromatic heterocycles. The van der Waals surface area contributed by atoms with Crippen molar-refractivity contribution in [1.82, 2.24) is 15.5 Å². The van der Waals surface area contributed by atoms with Crippen LogP contribution in [0.3, 0.4) is 0 Å². The molecule has 104 valence electrons. The van der Waals surface area contributed by atoms with Gasteiger partial charge in [0.15, 0.2) is 0 Å². The van der Waals surface area contributed by atoms with E-state index in [9.17, 15) is 4.79 Å². The fourth-order valence-corrected chi connectivity index (χ4v) is 2.25. The number of carbonyl (C=O) groups excluding carboxylic acids is 1. The summed E-state index contributed by atoms with van der Waals surface area (Å²) in [6.45, 7) is 6.28. The maximum absolute atomic E-state index is 12.0. The first kappa shape index (κ1) is 14.0. The topological polar surface area (TPSA) is 44.4 Å². The summed E-state index contributed by atoms with van der Waals surface area (Å²) in [4.78, 5) is 14.2. The molecular formula is C15H23N3O. The Labute approximate surface area is 115 Å². The Kier molecular flexibility index (Phi) is 5.36. The molecule has 1 heterocycles. The van der Waals surface area contributed by atoms with Crippen molar-refractivity contribution >= 4 is 5.91 Å². The van der Waals surface area contributed by atoms with Gasteiger partial charge >= 0.3 is 0 Å². The van der Waals surface area contributed by atoms with Crippen LogP contribution >= 0.6 is 0 Å². The smallest absolute Gasteiger partial charge is 0.234 e. The van der Waals surface area contributed by atoms with Gasteiger partial charge in [-0.1, -0.05) is 37.3 Å². The summed E-state index contributed by atoms with van der Waals surface area (Å²) in [6.07, 6.45) is 1.09. The maximum atomic E-state index is 12.0. The van der Waals surface area contributed by atoms with Crippen molar-refractivity contribution in [2.24, 2.45) is 0 Å². The molecule has 0 spiro atoms. The Morgan fingerprint density at radius 3 is 2.68 bits per heavy atom. The van der Waals surface area contributed by atoms with Crippen LogP contribution in [0.15, 0.2) is 30.3 Å². The zero-order chi connectivity index (χ0) is 13.5. The lowest BCUT2D eigenvalue weighted by Crippen LogP contribution is -2.59. The molecule has 1 aromatic carbocycles. The highest BCUT2D eigenvalue weighted by Gasteiger charge is 2.25. The summed E-state index contributed by atoms with van der Waals surface area (Å²) in [5, 5.41) is 6.25. The molecule has 1 fully saturated rings. The number of carbonyl (C=O) groups is 1. The third-order valence-corrected chi connectivity index (χ3v) is 3.47. The molecular weight excluding hydrogens is 238 g/mol. The number of hydrogen-bond donors (Lipinski definition) is 2. The molecule has 2 N–H and O–H groups in total. The monoisotopic (exact) mass is 261 g/mol. The largest absolute Gasteiger partial charge is 0.351 e. The Bertz CT molecular complexity index is 390. The van der Waals surface area contributed by atoms with Crippen molar-refractivity contribution in [2.45, 2.75) is 25.9 Å². The lowest BCUT2D eigenvalue weighted by atomic mass is 10.1. The zero-order valence-electron chi connectivity index (χ0n) is 11.6. The van der Waals surface area contributed by atoms with E-state index in [1.54, 1.807) is 0 Å². The molecule has 1 saturated heterocycles. The minimum Gasteiger partial charge on any atom is -0.351 e. The van der Waals surface area contributed by atoms with Gasteiger partial charge in [-0.25, -0.2) is 0 Å². The third-order valence-electron chi connectivity index (χ3n) is 3.47. The molecule has 1 aliphatic rings. The number of hydrogen-bond acceptors (Lipinski definition) is 3. The number of benzene rings is 1. The van der Waals surface area contributed by atoms with Crippen LogP contribution < -0.4 is 10.6 Å². The van der Waals surface area contributed by atoms with E-state index in [1.807, 2.05) is 30.3 Å². The molecule has 0 unspecified atom stereocenters. The molecule has 4 nitrogen and oxygen atoms in total. The molecule has 2 rings (SSSR count). The van der Waals surface area contributed by atoms with Gasteiger partial charge < -0.3 is 10.6 Å². The molecule has 0 atom stereocenters. The summed E-state index contributed by atoms with van der Waals surface area (Å²) < 4.78 is 0. The van der Waals surface area contributed by atoms with Gasteiger partial charge in [0.1, 0.15) is 0 Å². The summed E-state index contributed by atoms with van der Waals surface area (Å²) in [6, 6.07) is 10.6. The van der Waals surface area contributed by atoms with Crippen LogP contribution in [0.25, 0.3) is 0 Å². The standard InChI is InChI=1S/C15H23N3O/c1-2-8-18(14-10-16-11-14)12-15(19)17-9-13-6-4-3-5-7-13/h3-7,14,16H,2,8-12H2,1H3,(H,17,19). The normalized spacial score (nSPS) is 15.3. The van der Waals surface area contributed by atoms with Crippen LogP contribution in [0.1, 0.15) is 18.9 Å². The van der Waals surface area contributed by atoms with Gasteiger partial charge in [-0.3, -0.25) is 9.69 Å². The Morgan fingerprint density at radius 2 is 2.11 bits per heavy atom. The van der Waals surface area contributed by atoms with E-state index in [0.29, 0.717) is 19.1 Å². The lowest BCUT2D eigenvalue weighted by Gasteiger charge is -2.37. The van der Waals surface area contributed by atoms with Crippen molar-refractivity contribution in [3.63, 3.8) is 0 Å².